The first-order valence-electron chi connectivity index (χ1n) is 12.4. The highest BCUT2D eigenvalue weighted by Crippen LogP contribution is 2.38. The Bertz CT molecular complexity index is 1040. The maximum absolute atomic E-state index is 14.5. The second kappa shape index (κ2) is 10.4. The van der Waals surface area contributed by atoms with E-state index in [0.717, 1.165) is 31.7 Å². The molecule has 2 saturated carbocycles. The summed E-state index contributed by atoms with van der Waals surface area (Å²) < 4.78 is 27.9. The van der Waals surface area contributed by atoms with Crippen molar-refractivity contribution in [2.24, 2.45) is 21.6 Å². The number of benzene rings is 1. The first kappa shape index (κ1) is 25.2. The van der Waals surface area contributed by atoms with Crippen molar-refractivity contribution < 1.29 is 13.9 Å². The van der Waals surface area contributed by atoms with Crippen LogP contribution in [0.15, 0.2) is 52.5 Å². The van der Waals surface area contributed by atoms with Crippen LogP contribution in [-0.4, -0.2) is 39.5 Å². The van der Waals surface area contributed by atoms with Crippen LogP contribution in [0.2, 0.25) is 0 Å². The second-order valence-corrected chi connectivity index (χ2v) is 10.3. The third-order valence-electron chi connectivity index (χ3n) is 7.23. The Kier molecular flexibility index (Phi) is 7.44. The van der Waals surface area contributed by atoms with Crippen molar-refractivity contribution in [1.29, 1.82) is 0 Å². The third-order valence-corrected chi connectivity index (χ3v) is 7.23. The van der Waals surface area contributed by atoms with Crippen LogP contribution < -0.4 is 16.4 Å². The van der Waals surface area contributed by atoms with Crippen molar-refractivity contribution >= 4 is 17.5 Å². The van der Waals surface area contributed by atoms with Gasteiger partial charge >= 0.3 is 0 Å². The zero-order chi connectivity index (χ0) is 25.2. The zero-order valence-corrected chi connectivity index (χ0v) is 20.5. The molecule has 3 aliphatic rings. The number of hydrogen-bond donors (Lipinski definition) is 4. The molecule has 1 aromatic carbocycles. The Balaban J connectivity index is 1.63. The van der Waals surface area contributed by atoms with Gasteiger partial charge in [-0.25, -0.2) is 18.8 Å². The lowest BCUT2D eigenvalue weighted by atomic mass is 9.89. The molecule has 7 nitrogen and oxygen atoms in total. The van der Waals surface area contributed by atoms with Gasteiger partial charge in [-0.3, -0.25) is 4.90 Å². The lowest BCUT2D eigenvalue weighted by molar-refractivity contribution is 0.0185. The summed E-state index contributed by atoms with van der Waals surface area (Å²) in [5.41, 5.74) is 5.65. The molecular weight excluding hydrogens is 450 g/mol. The molecule has 2 fully saturated rings. The van der Waals surface area contributed by atoms with Gasteiger partial charge in [-0.2, -0.15) is 0 Å². The topological polar surface area (TPSA) is 98.3 Å². The summed E-state index contributed by atoms with van der Waals surface area (Å²) in [4.78, 5) is 11.3. The minimum absolute atomic E-state index is 0.0418. The highest BCUT2D eigenvalue weighted by molar-refractivity contribution is 6.18. The molecule has 1 heterocycles. The fourth-order valence-electron chi connectivity index (χ4n) is 5.29. The number of aliphatic imine (C=N–C) groups is 2. The molecular formula is C26H36F2N6O. The van der Waals surface area contributed by atoms with E-state index in [2.05, 4.69) is 22.2 Å². The molecule has 0 bridgehead atoms. The largest absolute Gasteiger partial charge is 0.403 e. The average Bonchev–Trinajstić information content (AvgIpc) is 3.41. The van der Waals surface area contributed by atoms with Gasteiger partial charge in [-0.15, -0.1) is 0 Å². The van der Waals surface area contributed by atoms with Gasteiger partial charge in [-0.05, 0) is 64.0 Å². The lowest BCUT2D eigenvalue weighted by Crippen LogP contribution is -2.44. The highest BCUT2D eigenvalue weighted by atomic mass is 19.1. The second-order valence-electron chi connectivity index (χ2n) is 10.3. The van der Waals surface area contributed by atoms with Crippen molar-refractivity contribution in [2.75, 3.05) is 5.32 Å². The van der Waals surface area contributed by atoms with Crippen molar-refractivity contribution in [3.63, 3.8) is 0 Å². The minimum atomic E-state index is -0.821. The number of aliphatic hydroxyl groups is 1. The van der Waals surface area contributed by atoms with Gasteiger partial charge in [0.15, 0.2) is 5.84 Å². The van der Waals surface area contributed by atoms with E-state index in [1.54, 1.807) is 0 Å². The van der Waals surface area contributed by atoms with Gasteiger partial charge in [0.1, 0.15) is 23.2 Å². The molecule has 2 atom stereocenters. The number of halogens is 2. The van der Waals surface area contributed by atoms with Gasteiger partial charge in [0.2, 0.25) is 5.96 Å². The monoisotopic (exact) mass is 486 g/mol. The summed E-state index contributed by atoms with van der Waals surface area (Å²) in [7, 11) is 0. The molecule has 1 aromatic rings. The fraction of sp³-hybridized carbons (Fsp3) is 0.538. The van der Waals surface area contributed by atoms with E-state index >= 15 is 0 Å². The molecule has 9 heteroatoms. The van der Waals surface area contributed by atoms with Gasteiger partial charge in [0.05, 0.1) is 11.3 Å². The van der Waals surface area contributed by atoms with E-state index in [0.29, 0.717) is 35.8 Å². The summed E-state index contributed by atoms with van der Waals surface area (Å²) in [5, 5.41) is 17.0. The predicted octanol–water partition coefficient (Wildman–Crippen LogP) is 4.58. The molecule has 190 valence electrons. The number of rotatable bonds is 6. The molecule has 0 amide bonds. The van der Waals surface area contributed by atoms with Crippen LogP contribution in [-0.2, 0) is 0 Å². The summed E-state index contributed by atoms with van der Waals surface area (Å²) in [6.07, 6.45) is 9.48. The van der Waals surface area contributed by atoms with Crippen LogP contribution in [0.4, 0.5) is 14.5 Å². The smallest absolute Gasteiger partial charge is 0.210 e. The van der Waals surface area contributed by atoms with Crippen LogP contribution in [0.5, 0.6) is 0 Å². The van der Waals surface area contributed by atoms with E-state index in [4.69, 9.17) is 10.7 Å². The quantitative estimate of drug-likeness (QED) is 0.472. The number of nitrogens with two attached hydrogens (primary N) is 1. The molecule has 35 heavy (non-hydrogen) atoms. The van der Waals surface area contributed by atoms with E-state index < -0.39 is 17.2 Å². The van der Waals surface area contributed by atoms with E-state index in [1.807, 2.05) is 18.7 Å². The molecule has 0 saturated heterocycles. The first-order chi connectivity index (χ1) is 16.7. The van der Waals surface area contributed by atoms with Crippen LogP contribution in [0.3, 0.4) is 0 Å². The van der Waals surface area contributed by atoms with Gasteiger partial charge in [0.25, 0.3) is 0 Å². The van der Waals surface area contributed by atoms with Crippen molar-refractivity contribution in [2.45, 2.75) is 82.9 Å². The van der Waals surface area contributed by atoms with E-state index in [1.165, 1.54) is 37.6 Å². The van der Waals surface area contributed by atoms with Gasteiger partial charge in [-0.1, -0.05) is 25.8 Å². The molecule has 0 aromatic heterocycles. The maximum atomic E-state index is 14.5. The molecule has 2 aliphatic carbocycles. The molecule has 1 unspecified atom stereocenters. The highest BCUT2D eigenvalue weighted by Gasteiger charge is 2.42. The maximum Gasteiger partial charge on any atom is 0.210 e. The predicted molar refractivity (Wildman–Crippen MR) is 136 cm³/mol. The number of anilines is 1. The Morgan fingerprint density at radius 1 is 1.23 bits per heavy atom. The Morgan fingerprint density at radius 2 is 1.97 bits per heavy atom. The van der Waals surface area contributed by atoms with Crippen molar-refractivity contribution in [3.05, 3.63) is 54.1 Å². The first-order valence-corrected chi connectivity index (χ1v) is 12.4. The number of guanidine groups is 1. The lowest BCUT2D eigenvalue weighted by Gasteiger charge is -2.31. The van der Waals surface area contributed by atoms with Crippen LogP contribution >= 0.6 is 0 Å². The fourth-order valence-corrected chi connectivity index (χ4v) is 5.29. The number of nitrogens with one attached hydrogen (secondary N) is 2. The number of hydrogen-bond acceptors (Lipinski definition) is 6. The van der Waals surface area contributed by atoms with Crippen LogP contribution in [0.25, 0.3) is 0 Å². The summed E-state index contributed by atoms with van der Waals surface area (Å²) in [5.74, 6) is 0.118. The van der Waals surface area contributed by atoms with Gasteiger partial charge < -0.3 is 21.5 Å². The molecule has 5 N–H and O–H groups in total. The normalized spacial score (nSPS) is 25.9. The van der Waals surface area contributed by atoms with Crippen LogP contribution in [0.1, 0.15) is 65.2 Å². The SMILES string of the molecule is C=C(/N=C1\C(=C/N)N=C(Nc2ccc(F)cc2F)N1C1CC[C@@H](C(C)(C)O)C1)NC1CCCCC1. The standard InChI is InChI=1S/C26H36F2N6O/c1-16(30-19-7-5-4-6-8-19)31-24-23(15-29)33-25(32-22-12-10-18(27)14-21(22)28)34(24)20-11-9-17(13-20)26(2,3)35/h10,12,14-15,17,19-20,30,35H,1,4-9,11,13,29H2,2-3H3,(H,32,33)/b23-15+,31-24+/t17-,20?/m1/s1. The molecule has 4 rings (SSSR count). The van der Waals surface area contributed by atoms with Crippen molar-refractivity contribution in [1.82, 2.24) is 10.2 Å². The summed E-state index contributed by atoms with van der Waals surface area (Å²) in [6, 6.07) is 3.64. The third kappa shape index (κ3) is 5.83. The molecule has 0 spiro atoms. The zero-order valence-electron chi connectivity index (χ0n) is 20.5. The molecule has 1 aliphatic heterocycles. The van der Waals surface area contributed by atoms with E-state index in [9.17, 15) is 13.9 Å². The van der Waals surface area contributed by atoms with Crippen molar-refractivity contribution in [3.8, 4) is 0 Å². The summed E-state index contributed by atoms with van der Waals surface area (Å²) >= 11 is 0. The number of nitrogens with zero attached hydrogens (tertiary/aromatic N) is 3. The van der Waals surface area contributed by atoms with Crippen LogP contribution in [0, 0.1) is 17.6 Å². The Labute approximate surface area is 205 Å². The summed E-state index contributed by atoms with van der Waals surface area (Å²) in [6.45, 7) is 7.76. The molecule has 0 radical (unpaired) electrons. The minimum Gasteiger partial charge on any atom is -0.403 e. The Morgan fingerprint density at radius 3 is 2.60 bits per heavy atom. The van der Waals surface area contributed by atoms with Gasteiger partial charge in [0, 0.05) is 24.4 Å². The Hall–Kier alpha value is -2.94. The average molecular weight is 487 g/mol. The van der Waals surface area contributed by atoms with E-state index in [-0.39, 0.29) is 17.6 Å². The number of amidine groups is 1.